The molecule has 0 unspecified atom stereocenters. The van der Waals surface area contributed by atoms with Gasteiger partial charge < -0.3 is 0 Å². The molecule has 0 amide bonds. The maximum absolute atomic E-state index is 4.84. The second-order valence-electron chi connectivity index (χ2n) is 14.0. The molecule has 9 rings (SSSR count). The van der Waals surface area contributed by atoms with Crippen molar-refractivity contribution in [3.63, 3.8) is 0 Å². The van der Waals surface area contributed by atoms with Gasteiger partial charge in [0, 0.05) is 22.9 Å². The van der Waals surface area contributed by atoms with Crippen molar-refractivity contribution >= 4 is 43.8 Å². The minimum atomic E-state index is -0.235. The number of hydrogen-bond acceptors (Lipinski definition) is 2. The molecule has 0 atom stereocenters. The summed E-state index contributed by atoms with van der Waals surface area (Å²) >= 11 is 0. The first-order valence-electron chi connectivity index (χ1n) is 17.7. The number of anilines is 2. The second kappa shape index (κ2) is 12.0. The summed E-state index contributed by atoms with van der Waals surface area (Å²) in [5.41, 5.74) is 11.6. The van der Waals surface area contributed by atoms with Gasteiger partial charge in [0.15, 0.2) is 0 Å². The Balaban J connectivity index is 1.12. The topological polar surface area (TPSA) is 16.1 Å². The van der Waals surface area contributed by atoms with E-state index in [1.807, 2.05) is 43.5 Å². The normalized spacial score (nSPS) is 13.8. The Kier molecular flexibility index (Phi) is 7.22. The number of hydrogen-bond donors (Lipinski definition) is 0. The first kappa shape index (κ1) is 30.8. The van der Waals surface area contributed by atoms with Crippen molar-refractivity contribution < 1.29 is 0 Å². The van der Waals surface area contributed by atoms with Crippen LogP contribution in [0.15, 0.2) is 176 Å². The van der Waals surface area contributed by atoms with Gasteiger partial charge in [-0.2, -0.15) is 0 Å². The lowest BCUT2D eigenvalue weighted by molar-refractivity contribution is 0.626. The molecule has 1 aromatic heterocycles. The minimum absolute atomic E-state index is 0.235. The first-order chi connectivity index (χ1) is 24.9. The van der Waals surface area contributed by atoms with Crippen LogP contribution in [0.5, 0.6) is 0 Å². The Morgan fingerprint density at radius 3 is 1.88 bits per heavy atom. The van der Waals surface area contributed by atoms with Crippen LogP contribution >= 0.6 is 0 Å². The molecule has 2 heterocycles. The molecule has 0 saturated carbocycles. The third kappa shape index (κ3) is 4.90. The molecule has 8 aromatic rings. The summed E-state index contributed by atoms with van der Waals surface area (Å²) in [6, 6.07) is 49.2. The summed E-state index contributed by atoms with van der Waals surface area (Å²) in [5, 5.41) is 7.82. The highest BCUT2D eigenvalue weighted by Crippen LogP contribution is 2.50. The largest absolute Gasteiger partial charge is 0.295 e. The molecule has 1 aliphatic heterocycles. The molecule has 0 saturated heterocycles. The van der Waals surface area contributed by atoms with E-state index >= 15 is 0 Å². The van der Waals surface area contributed by atoms with E-state index in [1.54, 1.807) is 0 Å². The molecule has 2 nitrogen and oxygen atoms in total. The fraction of sp³-hybridized carbons (Fsp3) is 0.0816. The predicted molar refractivity (Wildman–Crippen MR) is 218 cm³/mol. The molecule has 0 bridgehead atoms. The van der Waals surface area contributed by atoms with E-state index in [1.165, 1.54) is 76.8 Å². The van der Waals surface area contributed by atoms with Crippen LogP contribution in [0, 0.1) is 0 Å². The second-order valence-corrected chi connectivity index (χ2v) is 14.0. The van der Waals surface area contributed by atoms with E-state index in [4.69, 9.17) is 4.98 Å². The summed E-state index contributed by atoms with van der Waals surface area (Å²) in [6.45, 7) is 11.1. The zero-order chi connectivity index (χ0) is 34.7. The number of fused-ring (bicyclic) bond motifs is 2. The van der Waals surface area contributed by atoms with Gasteiger partial charge in [-0.15, -0.1) is 0 Å². The van der Waals surface area contributed by atoms with E-state index in [9.17, 15) is 0 Å². The highest BCUT2D eigenvalue weighted by Gasteiger charge is 2.38. The number of pyridine rings is 1. The summed E-state index contributed by atoms with van der Waals surface area (Å²) in [5.74, 6) is 0.937. The van der Waals surface area contributed by atoms with Crippen LogP contribution in [0.3, 0.4) is 0 Å². The summed E-state index contributed by atoms with van der Waals surface area (Å²) in [4.78, 5) is 7.04. The fourth-order valence-corrected chi connectivity index (χ4v) is 8.14. The minimum Gasteiger partial charge on any atom is -0.295 e. The van der Waals surface area contributed by atoms with Crippen molar-refractivity contribution in [3.05, 3.63) is 187 Å². The molecule has 51 heavy (non-hydrogen) atoms. The number of allylic oxidation sites excluding steroid dienone is 4. The first-order valence-corrected chi connectivity index (χ1v) is 17.7. The van der Waals surface area contributed by atoms with E-state index < -0.39 is 0 Å². The highest BCUT2D eigenvalue weighted by molar-refractivity contribution is 6.27. The van der Waals surface area contributed by atoms with Crippen molar-refractivity contribution in [2.75, 3.05) is 4.90 Å². The van der Waals surface area contributed by atoms with Gasteiger partial charge in [0.2, 0.25) is 0 Å². The number of rotatable bonds is 6. The van der Waals surface area contributed by atoms with Gasteiger partial charge in [0.1, 0.15) is 5.82 Å². The predicted octanol–water partition coefficient (Wildman–Crippen LogP) is 13.4. The SMILES string of the molecule is C=C(/C=C\C=C/C)N1c2ccc(-c3ccc(-c4ccc5ccc6c(-c7ccccc7)ccc7ccc4c5c76)cc3)cc2C(C)(C)c2cccnc21. The third-order valence-corrected chi connectivity index (χ3v) is 10.7. The zero-order valence-corrected chi connectivity index (χ0v) is 29.2. The van der Waals surface area contributed by atoms with Crippen molar-refractivity contribution in [2.24, 2.45) is 0 Å². The van der Waals surface area contributed by atoms with E-state index in [-0.39, 0.29) is 5.41 Å². The number of nitrogens with zero attached hydrogens (tertiary/aromatic N) is 2. The molecule has 7 aromatic carbocycles. The van der Waals surface area contributed by atoms with Gasteiger partial charge >= 0.3 is 0 Å². The Bertz CT molecular complexity index is 2680. The molecule has 0 N–H and O–H groups in total. The van der Waals surface area contributed by atoms with Crippen LogP contribution < -0.4 is 4.90 Å². The molecular formula is C49H38N2. The summed E-state index contributed by atoms with van der Waals surface area (Å²) in [7, 11) is 0. The Morgan fingerprint density at radius 1 is 0.608 bits per heavy atom. The quantitative estimate of drug-likeness (QED) is 0.131. The van der Waals surface area contributed by atoms with Crippen LogP contribution in [0.4, 0.5) is 11.5 Å². The fourth-order valence-electron chi connectivity index (χ4n) is 8.14. The van der Waals surface area contributed by atoms with Crippen molar-refractivity contribution in [1.29, 1.82) is 0 Å². The van der Waals surface area contributed by atoms with Crippen molar-refractivity contribution in [1.82, 2.24) is 4.98 Å². The standard InChI is InChI=1S/C49H38N2/c1-5-6-8-12-32(2)51-45-29-24-38(31-44(45)49(3,4)43-15-11-30-50-48(43)51)33-16-18-35(19-17-33)40-26-21-37-22-27-41-39(34-13-9-7-10-14-34)25-20-36-23-28-42(40)47(37)46(36)41/h5-31H,2H2,1,3-4H3/b6-5-,12-8-. The molecule has 2 heteroatoms. The molecule has 244 valence electrons. The number of aromatic nitrogens is 1. The Labute approximate surface area is 299 Å². The van der Waals surface area contributed by atoms with Crippen LogP contribution in [-0.4, -0.2) is 4.98 Å². The lowest BCUT2D eigenvalue weighted by Crippen LogP contribution is -2.32. The van der Waals surface area contributed by atoms with Crippen LogP contribution in [0.1, 0.15) is 31.9 Å². The lowest BCUT2D eigenvalue weighted by Gasteiger charge is -2.41. The Morgan fingerprint density at radius 2 is 1.22 bits per heavy atom. The van der Waals surface area contributed by atoms with E-state index in [2.05, 4.69) is 153 Å². The lowest BCUT2D eigenvalue weighted by atomic mass is 9.74. The molecule has 0 radical (unpaired) electrons. The average molecular weight is 655 g/mol. The maximum Gasteiger partial charge on any atom is 0.141 e. The molecule has 0 fully saturated rings. The van der Waals surface area contributed by atoms with E-state index in [0.717, 1.165) is 17.2 Å². The maximum atomic E-state index is 4.84. The molecule has 0 aliphatic carbocycles. The number of benzene rings is 7. The van der Waals surface area contributed by atoms with Gasteiger partial charge in [-0.3, -0.25) is 4.90 Å². The average Bonchev–Trinajstić information content (AvgIpc) is 3.17. The Hall–Kier alpha value is -6.25. The van der Waals surface area contributed by atoms with Gasteiger partial charge in [0.25, 0.3) is 0 Å². The van der Waals surface area contributed by atoms with Crippen molar-refractivity contribution in [3.8, 4) is 33.4 Å². The summed E-state index contributed by atoms with van der Waals surface area (Å²) < 4.78 is 0. The van der Waals surface area contributed by atoms with Crippen LogP contribution in [0.25, 0.3) is 65.7 Å². The van der Waals surface area contributed by atoms with Gasteiger partial charge in [0.05, 0.1) is 5.69 Å². The third-order valence-electron chi connectivity index (χ3n) is 10.7. The zero-order valence-electron chi connectivity index (χ0n) is 29.2. The van der Waals surface area contributed by atoms with Gasteiger partial charge in [-0.05, 0) is 102 Å². The van der Waals surface area contributed by atoms with Crippen LogP contribution in [0.2, 0.25) is 0 Å². The van der Waals surface area contributed by atoms with E-state index in [0.29, 0.717) is 0 Å². The summed E-state index contributed by atoms with van der Waals surface area (Å²) in [6.07, 6.45) is 10.00. The highest BCUT2D eigenvalue weighted by atomic mass is 15.2. The molecule has 0 spiro atoms. The van der Waals surface area contributed by atoms with Crippen molar-refractivity contribution in [2.45, 2.75) is 26.2 Å². The molecular weight excluding hydrogens is 617 g/mol. The van der Waals surface area contributed by atoms with Gasteiger partial charge in [-0.1, -0.05) is 154 Å². The molecule has 1 aliphatic rings. The smallest absolute Gasteiger partial charge is 0.141 e. The van der Waals surface area contributed by atoms with Gasteiger partial charge in [-0.25, -0.2) is 4.98 Å². The van der Waals surface area contributed by atoms with Crippen LogP contribution in [-0.2, 0) is 5.41 Å². The monoisotopic (exact) mass is 654 g/mol.